The van der Waals surface area contributed by atoms with Gasteiger partial charge in [0.1, 0.15) is 11.3 Å². The van der Waals surface area contributed by atoms with Crippen LogP contribution in [0.25, 0.3) is 22.6 Å². The van der Waals surface area contributed by atoms with Gasteiger partial charge in [0.15, 0.2) is 17.3 Å². The number of benzene rings is 1. The second-order valence-electron chi connectivity index (χ2n) is 7.41. The Bertz CT molecular complexity index is 1130. The molecule has 0 unspecified atom stereocenters. The lowest BCUT2D eigenvalue weighted by atomic mass is 10.1. The molecular weight excluding hydrogens is 364 g/mol. The highest BCUT2D eigenvalue weighted by atomic mass is 16.3. The molecule has 1 aromatic carbocycles. The summed E-state index contributed by atoms with van der Waals surface area (Å²) in [6.07, 6.45) is 6.22. The largest absolute Gasteiger partial charge is 0.508 e. The van der Waals surface area contributed by atoms with Crippen molar-refractivity contribution in [3.05, 3.63) is 60.2 Å². The summed E-state index contributed by atoms with van der Waals surface area (Å²) in [6, 6.07) is 9.51. The molecule has 4 aromatic rings. The molecule has 0 atom stereocenters. The summed E-state index contributed by atoms with van der Waals surface area (Å²) in [5.41, 5.74) is 4.64. The minimum atomic E-state index is 0.239. The van der Waals surface area contributed by atoms with Crippen LogP contribution in [0.2, 0.25) is 0 Å². The first kappa shape index (κ1) is 18.9. The molecule has 0 radical (unpaired) electrons. The number of anilines is 1. The molecule has 0 amide bonds. The molecule has 3 aromatic heterocycles. The van der Waals surface area contributed by atoms with E-state index in [2.05, 4.69) is 33.7 Å². The lowest BCUT2D eigenvalue weighted by Gasteiger charge is -2.11. The van der Waals surface area contributed by atoms with E-state index in [4.69, 9.17) is 9.97 Å². The van der Waals surface area contributed by atoms with Crippen LogP contribution in [0.1, 0.15) is 31.0 Å². The Hall–Kier alpha value is -3.48. The second kappa shape index (κ2) is 7.87. The molecule has 0 saturated heterocycles. The molecule has 2 N–H and O–H groups in total. The van der Waals surface area contributed by atoms with Crippen molar-refractivity contribution in [1.82, 2.24) is 24.5 Å². The number of aromatic nitrogens is 5. The molecule has 0 aliphatic carbocycles. The SMILES string of the molecule is Cc1cncc(-c2nc(NCCc3ccc(O)cc3)c3ncn(C(C)C)c3n2)c1. The van der Waals surface area contributed by atoms with Crippen LogP contribution in [0.3, 0.4) is 0 Å². The minimum absolute atomic E-state index is 0.239. The van der Waals surface area contributed by atoms with Crippen molar-refractivity contribution in [3.63, 3.8) is 0 Å². The first-order chi connectivity index (χ1) is 14.0. The Balaban J connectivity index is 1.68. The Labute approximate surface area is 169 Å². The smallest absolute Gasteiger partial charge is 0.166 e. The average Bonchev–Trinajstić information content (AvgIpc) is 3.14. The maximum Gasteiger partial charge on any atom is 0.166 e. The Morgan fingerprint density at radius 1 is 1.10 bits per heavy atom. The highest BCUT2D eigenvalue weighted by Crippen LogP contribution is 2.26. The fourth-order valence-corrected chi connectivity index (χ4v) is 3.21. The Morgan fingerprint density at radius 3 is 2.62 bits per heavy atom. The number of rotatable bonds is 6. The number of nitrogens with one attached hydrogen (secondary N) is 1. The van der Waals surface area contributed by atoms with E-state index >= 15 is 0 Å². The molecule has 0 bridgehead atoms. The van der Waals surface area contributed by atoms with Crippen molar-refractivity contribution in [3.8, 4) is 17.1 Å². The van der Waals surface area contributed by atoms with Gasteiger partial charge in [-0.15, -0.1) is 0 Å². The summed E-state index contributed by atoms with van der Waals surface area (Å²) >= 11 is 0. The van der Waals surface area contributed by atoms with Crippen molar-refractivity contribution in [1.29, 1.82) is 0 Å². The third-order valence-corrected chi connectivity index (χ3v) is 4.75. The number of fused-ring (bicyclic) bond motifs is 1. The predicted octanol–water partition coefficient (Wildman–Crippen LogP) is 4.14. The number of pyridine rings is 1. The molecule has 7 heteroatoms. The van der Waals surface area contributed by atoms with Crippen molar-refractivity contribution in [2.75, 3.05) is 11.9 Å². The van der Waals surface area contributed by atoms with Crippen molar-refractivity contribution < 1.29 is 5.11 Å². The Kier molecular flexibility index (Phi) is 5.12. The standard InChI is InChI=1S/C22H24N6O/c1-14(2)28-13-25-19-21(24-9-8-16-4-6-18(29)7-5-16)26-20(27-22(19)28)17-10-15(3)11-23-12-17/h4-7,10-14,29H,8-9H2,1-3H3,(H,24,26,27). The number of phenols is 1. The zero-order valence-electron chi connectivity index (χ0n) is 16.8. The van der Waals surface area contributed by atoms with Crippen LogP contribution in [0.4, 0.5) is 5.82 Å². The minimum Gasteiger partial charge on any atom is -0.508 e. The maximum atomic E-state index is 9.44. The average molecular weight is 388 g/mol. The van der Waals surface area contributed by atoms with Gasteiger partial charge in [0.2, 0.25) is 0 Å². The molecule has 4 rings (SSSR count). The Morgan fingerprint density at radius 2 is 1.90 bits per heavy atom. The van der Waals surface area contributed by atoms with Crippen LogP contribution in [-0.4, -0.2) is 36.2 Å². The van der Waals surface area contributed by atoms with Crippen LogP contribution in [-0.2, 0) is 6.42 Å². The van der Waals surface area contributed by atoms with Gasteiger partial charge in [0, 0.05) is 30.5 Å². The number of hydrogen-bond acceptors (Lipinski definition) is 6. The number of phenolic OH excluding ortho intramolecular Hbond substituents is 1. The molecule has 0 saturated carbocycles. The second-order valence-corrected chi connectivity index (χ2v) is 7.41. The van der Waals surface area contributed by atoms with E-state index < -0.39 is 0 Å². The van der Waals surface area contributed by atoms with Gasteiger partial charge < -0.3 is 15.0 Å². The van der Waals surface area contributed by atoms with Crippen molar-refractivity contribution in [2.24, 2.45) is 0 Å². The molecule has 29 heavy (non-hydrogen) atoms. The predicted molar refractivity (Wildman–Crippen MR) is 114 cm³/mol. The van der Waals surface area contributed by atoms with E-state index in [1.807, 2.05) is 37.6 Å². The lowest BCUT2D eigenvalue weighted by molar-refractivity contribution is 0.475. The van der Waals surface area contributed by atoms with E-state index in [0.717, 1.165) is 34.3 Å². The summed E-state index contributed by atoms with van der Waals surface area (Å²) in [7, 11) is 0. The number of aromatic hydroxyl groups is 1. The fourth-order valence-electron chi connectivity index (χ4n) is 3.21. The van der Waals surface area contributed by atoms with Crippen LogP contribution < -0.4 is 5.32 Å². The zero-order chi connectivity index (χ0) is 20.4. The van der Waals surface area contributed by atoms with Crippen LogP contribution >= 0.6 is 0 Å². The number of imidazole rings is 1. The molecule has 0 aliphatic heterocycles. The molecular formula is C22H24N6O. The maximum absolute atomic E-state index is 9.44. The van der Waals surface area contributed by atoms with Gasteiger partial charge in [-0.3, -0.25) is 4.98 Å². The van der Waals surface area contributed by atoms with Gasteiger partial charge in [-0.25, -0.2) is 15.0 Å². The van der Waals surface area contributed by atoms with Crippen LogP contribution in [0.5, 0.6) is 5.75 Å². The summed E-state index contributed by atoms with van der Waals surface area (Å²) in [5.74, 6) is 1.61. The van der Waals surface area contributed by atoms with E-state index in [1.165, 1.54) is 0 Å². The van der Waals surface area contributed by atoms with Crippen LogP contribution in [0.15, 0.2) is 49.1 Å². The molecule has 7 nitrogen and oxygen atoms in total. The van der Waals surface area contributed by atoms with Crippen molar-refractivity contribution in [2.45, 2.75) is 33.2 Å². The van der Waals surface area contributed by atoms with Gasteiger partial charge >= 0.3 is 0 Å². The topological polar surface area (TPSA) is 88.8 Å². The summed E-state index contributed by atoms with van der Waals surface area (Å²) in [5, 5.41) is 12.9. The summed E-state index contributed by atoms with van der Waals surface area (Å²) in [6.45, 7) is 6.91. The number of hydrogen-bond donors (Lipinski definition) is 2. The molecule has 0 aliphatic rings. The summed E-state index contributed by atoms with van der Waals surface area (Å²) < 4.78 is 2.05. The zero-order valence-corrected chi connectivity index (χ0v) is 16.8. The normalized spacial score (nSPS) is 11.3. The van der Waals surface area contributed by atoms with E-state index in [-0.39, 0.29) is 11.8 Å². The number of nitrogens with zero attached hydrogens (tertiary/aromatic N) is 5. The van der Waals surface area contributed by atoms with Gasteiger partial charge in [-0.1, -0.05) is 12.1 Å². The van der Waals surface area contributed by atoms with E-state index in [1.54, 1.807) is 18.3 Å². The number of aryl methyl sites for hydroxylation is 1. The summed E-state index contributed by atoms with van der Waals surface area (Å²) in [4.78, 5) is 18.4. The van der Waals surface area contributed by atoms with E-state index in [9.17, 15) is 5.11 Å². The quantitative estimate of drug-likeness (QED) is 0.516. The highest BCUT2D eigenvalue weighted by Gasteiger charge is 2.16. The lowest BCUT2D eigenvalue weighted by Crippen LogP contribution is -2.09. The highest BCUT2D eigenvalue weighted by molar-refractivity contribution is 5.85. The molecule has 3 heterocycles. The fraction of sp³-hybridized carbons (Fsp3) is 0.273. The third kappa shape index (κ3) is 4.03. The van der Waals surface area contributed by atoms with Crippen molar-refractivity contribution >= 4 is 17.0 Å². The van der Waals surface area contributed by atoms with Gasteiger partial charge in [-0.05, 0) is 56.5 Å². The first-order valence-electron chi connectivity index (χ1n) is 9.69. The molecule has 0 fully saturated rings. The van der Waals surface area contributed by atoms with Gasteiger partial charge in [0.25, 0.3) is 0 Å². The first-order valence-corrected chi connectivity index (χ1v) is 9.69. The third-order valence-electron chi connectivity index (χ3n) is 4.75. The van der Waals surface area contributed by atoms with Crippen LogP contribution in [0, 0.1) is 6.92 Å². The van der Waals surface area contributed by atoms with Gasteiger partial charge in [-0.2, -0.15) is 0 Å². The molecule has 0 spiro atoms. The van der Waals surface area contributed by atoms with E-state index in [0.29, 0.717) is 18.2 Å². The van der Waals surface area contributed by atoms with Gasteiger partial charge in [0.05, 0.1) is 6.33 Å². The molecule has 148 valence electrons. The monoisotopic (exact) mass is 388 g/mol.